The van der Waals surface area contributed by atoms with E-state index in [1.807, 2.05) is 18.2 Å². The molecule has 0 fully saturated rings. The summed E-state index contributed by atoms with van der Waals surface area (Å²) in [6.07, 6.45) is 4.47. The minimum atomic E-state index is -2.54. The zero-order chi connectivity index (χ0) is 23.3. The Morgan fingerprint density at radius 1 is 1.09 bits per heavy atom. The maximum Gasteiger partial charge on any atom is 0.230 e. The van der Waals surface area contributed by atoms with Gasteiger partial charge >= 0.3 is 0 Å². The van der Waals surface area contributed by atoms with Gasteiger partial charge in [0.25, 0.3) is 0 Å². The van der Waals surface area contributed by atoms with Crippen LogP contribution in [0.2, 0.25) is 0 Å². The monoisotopic (exact) mass is 464 g/mol. The van der Waals surface area contributed by atoms with Gasteiger partial charge in [-0.1, -0.05) is 18.2 Å². The molecule has 0 radical (unpaired) electrons. The van der Waals surface area contributed by atoms with E-state index in [1.54, 1.807) is 36.5 Å². The Hall–Kier alpha value is -3.89. The average molecular weight is 465 g/mol. The highest BCUT2D eigenvalue weighted by molar-refractivity contribution is 7.98. The van der Waals surface area contributed by atoms with Crippen LogP contribution in [0, 0.1) is 5.82 Å². The van der Waals surface area contributed by atoms with E-state index in [1.165, 1.54) is 30.1 Å². The molecule has 0 saturated carbocycles. The first-order valence-corrected chi connectivity index (χ1v) is 12.0. The summed E-state index contributed by atoms with van der Waals surface area (Å²) in [5.41, 5.74) is 2.59. The molecule has 168 valence electrons. The van der Waals surface area contributed by atoms with Crippen molar-refractivity contribution in [2.24, 2.45) is 5.14 Å². The lowest BCUT2D eigenvalue weighted by Crippen LogP contribution is -2.13. The number of rotatable bonds is 7. The van der Waals surface area contributed by atoms with Crippen LogP contribution in [-0.2, 0) is 16.3 Å². The van der Waals surface area contributed by atoms with Crippen molar-refractivity contribution in [2.45, 2.75) is 6.61 Å². The van der Waals surface area contributed by atoms with Gasteiger partial charge in [0.1, 0.15) is 24.5 Å². The van der Waals surface area contributed by atoms with Gasteiger partial charge in [-0.3, -0.25) is 14.3 Å². The standard InChI is InChI=1S/C23H21FN6O2S/c1-33(25,31)14-16-5-4-7-18(11-16)29-23-28-15-27-22(30-23)20-9-8-17(24)12-21(20)32-13-19-6-2-3-10-26-19/h2-12,14-15H,13H2,1H3,(H2,25,31)(H,27,28,29,30). The Morgan fingerprint density at radius 3 is 2.76 bits per heavy atom. The quantitative estimate of drug-likeness (QED) is 0.403. The summed E-state index contributed by atoms with van der Waals surface area (Å²) >= 11 is 0. The number of pyridine rings is 1. The number of nitrogens with two attached hydrogens (primary N) is 1. The highest BCUT2D eigenvalue weighted by atomic mass is 32.2. The van der Waals surface area contributed by atoms with Crippen molar-refractivity contribution < 1.29 is 13.3 Å². The van der Waals surface area contributed by atoms with Crippen LogP contribution < -0.4 is 15.2 Å². The van der Waals surface area contributed by atoms with Crippen LogP contribution in [0.25, 0.3) is 11.4 Å². The molecule has 0 spiro atoms. The minimum absolute atomic E-state index is 0.165. The zero-order valence-electron chi connectivity index (χ0n) is 17.7. The number of nitrogens with one attached hydrogen (secondary N) is 1. The van der Waals surface area contributed by atoms with Gasteiger partial charge in [-0.2, -0.15) is 4.98 Å². The van der Waals surface area contributed by atoms with Crippen molar-refractivity contribution in [3.63, 3.8) is 0 Å². The van der Waals surface area contributed by atoms with Crippen molar-refractivity contribution in [2.75, 3.05) is 11.6 Å². The lowest BCUT2D eigenvalue weighted by molar-refractivity contribution is 0.301. The number of aromatic nitrogens is 4. The van der Waals surface area contributed by atoms with Gasteiger partial charge in [-0.15, -0.1) is 0 Å². The number of nitrogens with zero attached hydrogens (tertiary/aromatic N) is 4. The molecule has 1 atom stereocenters. The number of hydrogen-bond acceptors (Lipinski definition) is 7. The van der Waals surface area contributed by atoms with E-state index >= 15 is 0 Å². The summed E-state index contributed by atoms with van der Waals surface area (Å²) in [7, 11) is -2.54. The summed E-state index contributed by atoms with van der Waals surface area (Å²) in [6.45, 7) is 0.165. The fraction of sp³-hybridized carbons (Fsp3) is 0.0870. The van der Waals surface area contributed by atoms with Gasteiger partial charge in [0, 0.05) is 39.3 Å². The van der Waals surface area contributed by atoms with Crippen molar-refractivity contribution in [3.05, 3.63) is 90.3 Å². The maximum atomic E-state index is 13.9. The summed E-state index contributed by atoms with van der Waals surface area (Å²) in [4.78, 5) is 17.0. The molecular weight excluding hydrogens is 443 g/mol. The summed E-state index contributed by atoms with van der Waals surface area (Å²) < 4.78 is 31.6. The van der Waals surface area contributed by atoms with Crippen molar-refractivity contribution >= 4 is 26.7 Å². The number of anilines is 2. The second-order valence-electron chi connectivity index (χ2n) is 7.22. The molecule has 4 rings (SSSR count). The summed E-state index contributed by atoms with van der Waals surface area (Å²) in [6, 6.07) is 16.8. The van der Waals surface area contributed by atoms with E-state index in [2.05, 4.69) is 25.3 Å². The Labute approximate surface area is 190 Å². The molecule has 33 heavy (non-hydrogen) atoms. The number of halogens is 1. The third-order valence-corrected chi connectivity index (χ3v) is 5.11. The third-order valence-electron chi connectivity index (χ3n) is 4.37. The first-order chi connectivity index (χ1) is 15.9. The molecular formula is C23H21FN6O2S. The van der Waals surface area contributed by atoms with Crippen LogP contribution >= 0.6 is 0 Å². The lowest BCUT2D eigenvalue weighted by atomic mass is 10.2. The lowest BCUT2D eigenvalue weighted by Gasteiger charge is -2.12. The van der Waals surface area contributed by atoms with Crippen LogP contribution in [-0.4, -0.2) is 35.8 Å². The predicted molar refractivity (Wildman–Crippen MR) is 127 cm³/mol. The number of benzene rings is 2. The average Bonchev–Trinajstić information content (AvgIpc) is 2.78. The third kappa shape index (κ3) is 6.31. The number of hydrogen-bond donors (Lipinski definition) is 2. The Morgan fingerprint density at radius 2 is 1.97 bits per heavy atom. The molecule has 4 aromatic rings. The van der Waals surface area contributed by atoms with Crippen molar-refractivity contribution in [3.8, 4) is 17.1 Å². The molecule has 0 saturated heterocycles. The van der Waals surface area contributed by atoms with E-state index < -0.39 is 15.5 Å². The van der Waals surface area contributed by atoms with Crippen LogP contribution in [0.15, 0.2) is 73.2 Å². The molecule has 0 aliphatic carbocycles. The van der Waals surface area contributed by atoms with Crippen LogP contribution in [0.4, 0.5) is 16.0 Å². The molecule has 0 amide bonds. The van der Waals surface area contributed by atoms with Crippen molar-refractivity contribution in [1.29, 1.82) is 0 Å². The predicted octanol–water partition coefficient (Wildman–Crippen LogP) is 3.33. The fourth-order valence-electron chi connectivity index (χ4n) is 3.01. The van der Waals surface area contributed by atoms with Crippen LogP contribution in [0.3, 0.4) is 0 Å². The Bertz CT molecular complexity index is 1380. The van der Waals surface area contributed by atoms with Gasteiger partial charge in [-0.05, 0) is 42.0 Å². The minimum Gasteiger partial charge on any atom is -0.486 e. The second kappa shape index (κ2) is 9.72. The van der Waals surface area contributed by atoms with Crippen LogP contribution in [0.5, 0.6) is 5.75 Å². The molecule has 1 unspecified atom stereocenters. The van der Waals surface area contributed by atoms with E-state index in [0.717, 1.165) is 0 Å². The summed E-state index contributed by atoms with van der Waals surface area (Å²) in [5, 5.41) is 10.2. The van der Waals surface area contributed by atoms with Crippen LogP contribution in [0.1, 0.15) is 11.3 Å². The smallest absolute Gasteiger partial charge is 0.230 e. The Balaban J connectivity index is 1.59. The molecule has 0 bridgehead atoms. The first-order valence-electron chi connectivity index (χ1n) is 9.86. The Kier molecular flexibility index (Phi) is 6.57. The molecule has 2 heterocycles. The van der Waals surface area contributed by atoms with E-state index in [4.69, 9.17) is 9.88 Å². The van der Waals surface area contributed by atoms with E-state index in [9.17, 15) is 8.60 Å². The highest BCUT2D eigenvalue weighted by Crippen LogP contribution is 2.29. The normalized spacial score (nSPS) is 12.6. The maximum absolute atomic E-state index is 13.9. The van der Waals surface area contributed by atoms with E-state index in [0.29, 0.717) is 28.3 Å². The topological polar surface area (TPSA) is 116 Å². The largest absolute Gasteiger partial charge is 0.486 e. The van der Waals surface area contributed by atoms with E-state index in [-0.39, 0.29) is 18.3 Å². The molecule has 0 aliphatic rings. The zero-order valence-corrected chi connectivity index (χ0v) is 18.5. The molecule has 2 aromatic heterocycles. The highest BCUT2D eigenvalue weighted by Gasteiger charge is 2.13. The SMILES string of the molecule is CS(N)(=O)=Cc1cccc(Nc2ncnc(-c3ccc(F)cc3OCc3ccccn3)n2)c1. The molecule has 2 aromatic carbocycles. The second-order valence-corrected chi connectivity index (χ2v) is 9.39. The van der Waals surface area contributed by atoms with Gasteiger partial charge < -0.3 is 10.1 Å². The summed E-state index contributed by atoms with van der Waals surface area (Å²) in [5.74, 6) is 0.435. The number of ether oxygens (including phenoxy) is 1. The molecule has 8 nitrogen and oxygen atoms in total. The first kappa shape index (κ1) is 22.3. The fourth-order valence-corrected chi connectivity index (χ4v) is 3.70. The van der Waals surface area contributed by atoms with Gasteiger partial charge in [-0.25, -0.2) is 14.4 Å². The van der Waals surface area contributed by atoms with Gasteiger partial charge in [0.15, 0.2) is 5.82 Å². The molecule has 3 N–H and O–H groups in total. The molecule has 0 aliphatic heterocycles. The van der Waals surface area contributed by atoms with Gasteiger partial charge in [0.05, 0.1) is 11.3 Å². The molecule has 10 heteroatoms. The van der Waals surface area contributed by atoms with Gasteiger partial charge in [0.2, 0.25) is 5.95 Å². The van der Waals surface area contributed by atoms with Crippen molar-refractivity contribution in [1.82, 2.24) is 19.9 Å².